The Morgan fingerprint density at radius 1 is 1.27 bits per heavy atom. The molecule has 1 aliphatic heterocycles. The van der Waals surface area contributed by atoms with Gasteiger partial charge in [-0.15, -0.1) is 12.4 Å². The fraction of sp³-hybridized carbons (Fsp3) is 0.500. The number of amides is 2. The van der Waals surface area contributed by atoms with E-state index in [-0.39, 0.29) is 24.2 Å². The lowest BCUT2D eigenvalue weighted by atomic mass is 9.95. The number of rotatable bonds is 4. The van der Waals surface area contributed by atoms with Crippen LogP contribution in [0.4, 0.5) is 0 Å². The molecule has 0 spiro atoms. The minimum atomic E-state index is -0.585. The molecule has 22 heavy (non-hydrogen) atoms. The minimum absolute atomic E-state index is 0. The van der Waals surface area contributed by atoms with Crippen LogP contribution >= 0.6 is 12.4 Å². The van der Waals surface area contributed by atoms with Crippen molar-refractivity contribution in [3.63, 3.8) is 0 Å². The van der Waals surface area contributed by atoms with Crippen molar-refractivity contribution in [1.29, 1.82) is 0 Å². The molecule has 1 heterocycles. The standard InChI is InChI=1S/C16H23N3O2.ClH/c1-12(20)18-11-13-7-9-19(10-8-13)16(21)15(17)14-5-3-2-4-6-14;/h2-6,13,15H,7-11,17H2,1H3,(H,18,20);1H. The molecule has 3 N–H and O–H groups in total. The Morgan fingerprint density at radius 3 is 2.41 bits per heavy atom. The normalized spacial score (nSPS) is 16.5. The number of nitrogens with two attached hydrogens (primary N) is 1. The van der Waals surface area contributed by atoms with E-state index in [9.17, 15) is 9.59 Å². The second-order valence-corrected chi connectivity index (χ2v) is 5.59. The Labute approximate surface area is 137 Å². The van der Waals surface area contributed by atoms with Crippen LogP contribution in [0.5, 0.6) is 0 Å². The van der Waals surface area contributed by atoms with E-state index < -0.39 is 6.04 Å². The van der Waals surface area contributed by atoms with Gasteiger partial charge in [-0.3, -0.25) is 9.59 Å². The van der Waals surface area contributed by atoms with E-state index in [4.69, 9.17) is 5.73 Å². The Balaban J connectivity index is 0.00000242. The molecule has 5 nitrogen and oxygen atoms in total. The van der Waals surface area contributed by atoms with Gasteiger partial charge in [0.25, 0.3) is 0 Å². The topological polar surface area (TPSA) is 75.4 Å². The Morgan fingerprint density at radius 2 is 1.86 bits per heavy atom. The van der Waals surface area contributed by atoms with E-state index in [1.165, 1.54) is 6.92 Å². The molecule has 2 amide bonds. The number of nitrogens with zero attached hydrogens (tertiary/aromatic N) is 1. The van der Waals surface area contributed by atoms with Gasteiger partial charge in [0.1, 0.15) is 6.04 Å². The average Bonchev–Trinajstić information content (AvgIpc) is 2.53. The monoisotopic (exact) mass is 325 g/mol. The van der Waals surface area contributed by atoms with Crippen molar-refractivity contribution in [2.75, 3.05) is 19.6 Å². The molecule has 0 saturated carbocycles. The van der Waals surface area contributed by atoms with Gasteiger partial charge in [-0.2, -0.15) is 0 Å². The number of hydrogen-bond donors (Lipinski definition) is 2. The van der Waals surface area contributed by atoms with Crippen molar-refractivity contribution in [2.45, 2.75) is 25.8 Å². The van der Waals surface area contributed by atoms with Crippen LogP contribution < -0.4 is 11.1 Å². The number of benzene rings is 1. The highest BCUT2D eigenvalue weighted by atomic mass is 35.5. The van der Waals surface area contributed by atoms with Crippen molar-refractivity contribution in [3.8, 4) is 0 Å². The van der Waals surface area contributed by atoms with Crippen molar-refractivity contribution in [3.05, 3.63) is 35.9 Å². The quantitative estimate of drug-likeness (QED) is 0.880. The van der Waals surface area contributed by atoms with Gasteiger partial charge in [0.2, 0.25) is 11.8 Å². The lowest BCUT2D eigenvalue weighted by Crippen LogP contribution is -2.44. The average molecular weight is 326 g/mol. The predicted octanol–water partition coefficient (Wildman–Crippen LogP) is 1.48. The van der Waals surface area contributed by atoms with Crippen molar-refractivity contribution >= 4 is 24.2 Å². The number of nitrogens with one attached hydrogen (secondary N) is 1. The molecule has 1 saturated heterocycles. The maximum atomic E-state index is 12.4. The molecule has 0 aromatic heterocycles. The van der Waals surface area contributed by atoms with Crippen LogP contribution in [0.1, 0.15) is 31.4 Å². The molecule has 0 bridgehead atoms. The van der Waals surface area contributed by atoms with Gasteiger partial charge in [0.05, 0.1) is 0 Å². The summed E-state index contributed by atoms with van der Waals surface area (Å²) in [7, 11) is 0. The zero-order valence-electron chi connectivity index (χ0n) is 12.8. The lowest BCUT2D eigenvalue weighted by Gasteiger charge is -2.33. The number of piperidine rings is 1. The molecule has 0 aliphatic carbocycles. The van der Waals surface area contributed by atoms with E-state index in [2.05, 4.69) is 5.32 Å². The molecular weight excluding hydrogens is 302 g/mol. The first-order chi connectivity index (χ1) is 10.1. The summed E-state index contributed by atoms with van der Waals surface area (Å²) in [5.41, 5.74) is 6.90. The van der Waals surface area contributed by atoms with Crippen molar-refractivity contribution in [2.24, 2.45) is 11.7 Å². The highest BCUT2D eigenvalue weighted by molar-refractivity contribution is 5.85. The zero-order valence-corrected chi connectivity index (χ0v) is 13.6. The van der Waals surface area contributed by atoms with Crippen LogP contribution in [0.25, 0.3) is 0 Å². The summed E-state index contributed by atoms with van der Waals surface area (Å²) >= 11 is 0. The molecular formula is C16H24ClN3O2. The predicted molar refractivity (Wildman–Crippen MR) is 88.6 cm³/mol. The van der Waals surface area contributed by atoms with E-state index >= 15 is 0 Å². The minimum Gasteiger partial charge on any atom is -0.356 e. The third-order valence-corrected chi connectivity index (χ3v) is 3.99. The van der Waals surface area contributed by atoms with E-state index in [1.54, 1.807) is 0 Å². The molecule has 0 radical (unpaired) electrons. The van der Waals surface area contributed by atoms with Gasteiger partial charge in [-0.05, 0) is 24.3 Å². The summed E-state index contributed by atoms with van der Waals surface area (Å²) in [4.78, 5) is 25.2. The van der Waals surface area contributed by atoms with Crippen LogP contribution in [0.3, 0.4) is 0 Å². The van der Waals surface area contributed by atoms with Crippen LogP contribution in [0.15, 0.2) is 30.3 Å². The fourth-order valence-electron chi connectivity index (χ4n) is 2.65. The molecule has 6 heteroatoms. The fourth-order valence-corrected chi connectivity index (χ4v) is 2.65. The lowest BCUT2D eigenvalue weighted by molar-refractivity contribution is -0.134. The molecule has 1 unspecified atom stereocenters. The van der Waals surface area contributed by atoms with Crippen LogP contribution in [0.2, 0.25) is 0 Å². The summed E-state index contributed by atoms with van der Waals surface area (Å²) in [5, 5.41) is 2.84. The van der Waals surface area contributed by atoms with Crippen LogP contribution in [-0.2, 0) is 9.59 Å². The number of halogens is 1. The van der Waals surface area contributed by atoms with Crippen molar-refractivity contribution < 1.29 is 9.59 Å². The summed E-state index contributed by atoms with van der Waals surface area (Å²) in [6, 6.07) is 8.87. The maximum absolute atomic E-state index is 12.4. The molecule has 1 atom stereocenters. The molecule has 2 rings (SSSR count). The molecule has 1 fully saturated rings. The van der Waals surface area contributed by atoms with Gasteiger partial charge >= 0.3 is 0 Å². The summed E-state index contributed by atoms with van der Waals surface area (Å²) in [5.74, 6) is 0.435. The largest absolute Gasteiger partial charge is 0.356 e. The first-order valence-corrected chi connectivity index (χ1v) is 7.41. The van der Waals surface area contributed by atoms with E-state index in [0.29, 0.717) is 25.6 Å². The summed E-state index contributed by atoms with van der Waals surface area (Å²) in [6.45, 7) is 3.65. The second-order valence-electron chi connectivity index (χ2n) is 5.59. The van der Waals surface area contributed by atoms with Gasteiger partial charge in [0, 0.05) is 26.6 Å². The number of likely N-dealkylation sites (tertiary alicyclic amines) is 1. The smallest absolute Gasteiger partial charge is 0.244 e. The maximum Gasteiger partial charge on any atom is 0.244 e. The highest BCUT2D eigenvalue weighted by Gasteiger charge is 2.26. The number of carbonyl (C=O) groups is 2. The first-order valence-electron chi connectivity index (χ1n) is 7.41. The van der Waals surface area contributed by atoms with Gasteiger partial charge in [0.15, 0.2) is 0 Å². The summed E-state index contributed by atoms with van der Waals surface area (Å²) in [6.07, 6.45) is 1.82. The Bertz CT molecular complexity index is 487. The first kappa shape index (κ1) is 18.5. The van der Waals surface area contributed by atoms with Gasteiger partial charge in [-0.25, -0.2) is 0 Å². The molecule has 1 aromatic rings. The third-order valence-electron chi connectivity index (χ3n) is 3.99. The Hall–Kier alpha value is -1.59. The van der Waals surface area contributed by atoms with E-state index in [0.717, 1.165) is 18.4 Å². The molecule has 1 aromatic carbocycles. The Kier molecular flexibility index (Phi) is 7.35. The van der Waals surface area contributed by atoms with Crippen LogP contribution in [-0.4, -0.2) is 36.3 Å². The van der Waals surface area contributed by atoms with Gasteiger partial charge in [-0.1, -0.05) is 30.3 Å². The third kappa shape index (κ3) is 5.00. The van der Waals surface area contributed by atoms with E-state index in [1.807, 2.05) is 35.2 Å². The molecule has 1 aliphatic rings. The second kappa shape index (κ2) is 8.76. The zero-order chi connectivity index (χ0) is 15.2. The summed E-state index contributed by atoms with van der Waals surface area (Å²) < 4.78 is 0. The molecule has 122 valence electrons. The SMILES string of the molecule is CC(=O)NCC1CCN(C(=O)C(N)c2ccccc2)CC1.Cl. The van der Waals surface area contributed by atoms with Gasteiger partial charge < -0.3 is 16.0 Å². The number of carbonyl (C=O) groups excluding carboxylic acids is 2. The van der Waals surface area contributed by atoms with Crippen molar-refractivity contribution in [1.82, 2.24) is 10.2 Å². The number of hydrogen-bond acceptors (Lipinski definition) is 3. The van der Waals surface area contributed by atoms with Crippen LogP contribution in [0, 0.1) is 5.92 Å². The highest BCUT2D eigenvalue weighted by Crippen LogP contribution is 2.20.